The molecule has 0 fully saturated rings. The summed E-state index contributed by atoms with van der Waals surface area (Å²) in [5.74, 6) is 0. The summed E-state index contributed by atoms with van der Waals surface area (Å²) < 4.78 is 0. The third-order valence-electron chi connectivity index (χ3n) is 4.70. The molecule has 0 bridgehead atoms. The van der Waals surface area contributed by atoms with Crippen LogP contribution in [0.2, 0.25) is 0 Å². The van der Waals surface area contributed by atoms with Crippen LogP contribution >= 0.6 is 0 Å². The summed E-state index contributed by atoms with van der Waals surface area (Å²) in [6, 6.07) is 0. The summed E-state index contributed by atoms with van der Waals surface area (Å²) in [6.45, 7) is 9.39. The van der Waals surface area contributed by atoms with E-state index >= 15 is 0 Å². The fourth-order valence-electron chi connectivity index (χ4n) is 3.15. The Morgan fingerprint density at radius 3 is 0.818 bits per heavy atom. The van der Waals surface area contributed by atoms with Gasteiger partial charge >= 0.3 is 0 Å². The first-order valence-electron chi connectivity index (χ1n) is 10.4. The molecule has 0 rings (SSSR count). The Balaban J connectivity index is 2.91. The monoisotopic (exact) mass is 307 g/mol. The van der Waals surface area contributed by atoms with Crippen molar-refractivity contribution in [2.45, 2.75) is 128 Å². The van der Waals surface area contributed by atoms with E-state index in [0.717, 1.165) is 12.8 Å². The minimum Gasteiger partial charge on any atom is -0.0533 e. The average molecular weight is 308 g/mol. The van der Waals surface area contributed by atoms with Gasteiger partial charge in [-0.25, -0.2) is 0 Å². The molecule has 22 heavy (non-hydrogen) atoms. The fraction of sp³-hybridized carbons (Fsp3) is 0.909. The summed E-state index contributed by atoms with van der Waals surface area (Å²) in [6.07, 6.45) is 27.6. The molecule has 0 heterocycles. The van der Waals surface area contributed by atoms with Crippen LogP contribution in [0.5, 0.6) is 0 Å². The second kappa shape index (κ2) is 21.0. The van der Waals surface area contributed by atoms with Crippen LogP contribution in [0.1, 0.15) is 128 Å². The zero-order valence-corrected chi connectivity index (χ0v) is 15.4. The van der Waals surface area contributed by atoms with E-state index < -0.39 is 0 Å². The molecule has 0 atom stereocenters. The molecular weight excluding hydrogens is 264 g/mol. The van der Waals surface area contributed by atoms with Crippen LogP contribution in [-0.4, -0.2) is 0 Å². The second-order valence-corrected chi connectivity index (χ2v) is 7.01. The molecule has 131 valence electrons. The van der Waals surface area contributed by atoms with Crippen LogP contribution in [0, 0.1) is 13.8 Å². The molecule has 3 radical (unpaired) electrons. The molecule has 0 aromatic carbocycles. The highest BCUT2D eigenvalue weighted by Gasteiger charge is 1.94. The van der Waals surface area contributed by atoms with E-state index in [1.54, 1.807) is 0 Å². The van der Waals surface area contributed by atoms with E-state index in [1.165, 1.54) is 116 Å². The highest BCUT2D eigenvalue weighted by Crippen LogP contribution is 2.14. The molecule has 0 heteroatoms. The van der Waals surface area contributed by atoms with Gasteiger partial charge in [-0.2, -0.15) is 0 Å². The third-order valence-corrected chi connectivity index (χ3v) is 4.70. The highest BCUT2D eigenvalue weighted by molar-refractivity contribution is 4.51. The van der Waals surface area contributed by atoms with Crippen LogP contribution in [0.15, 0.2) is 0 Å². The van der Waals surface area contributed by atoms with Gasteiger partial charge in [-0.15, -0.1) is 0 Å². The number of rotatable bonds is 19. The van der Waals surface area contributed by atoms with Crippen LogP contribution in [0.25, 0.3) is 0 Å². The smallest absolute Gasteiger partial charge is 0.0352 e. The summed E-state index contributed by atoms with van der Waals surface area (Å²) >= 11 is 0. The van der Waals surface area contributed by atoms with Crippen molar-refractivity contribution < 1.29 is 0 Å². The van der Waals surface area contributed by atoms with Gasteiger partial charge in [0, 0.05) is 0 Å². The van der Waals surface area contributed by atoms with Crippen molar-refractivity contribution in [3.63, 3.8) is 0 Å². The highest BCUT2D eigenvalue weighted by atomic mass is 14.0. The molecule has 0 nitrogen and oxygen atoms in total. The zero-order chi connectivity index (χ0) is 16.1. The maximum absolute atomic E-state index is 5.50. The number of hydrogen-bond donors (Lipinski definition) is 0. The van der Waals surface area contributed by atoms with Gasteiger partial charge in [0.2, 0.25) is 0 Å². The number of hydrogen-bond acceptors (Lipinski definition) is 0. The van der Waals surface area contributed by atoms with E-state index in [2.05, 4.69) is 6.92 Å². The van der Waals surface area contributed by atoms with Gasteiger partial charge in [-0.3, -0.25) is 0 Å². The molecule has 0 aliphatic carbocycles. The quantitative estimate of drug-likeness (QED) is 0.210. The van der Waals surface area contributed by atoms with E-state index in [1.807, 2.05) is 0 Å². The zero-order valence-electron chi connectivity index (χ0n) is 15.4. The molecule has 0 saturated carbocycles. The lowest BCUT2D eigenvalue weighted by atomic mass is 10.0. The molecule has 0 amide bonds. The van der Waals surface area contributed by atoms with Crippen molar-refractivity contribution >= 4 is 0 Å². The SMILES string of the molecule is [CH]CCCCCCCCCCCCCCCCCCCC[CH2]. The van der Waals surface area contributed by atoms with Crippen molar-refractivity contribution in [1.29, 1.82) is 0 Å². The lowest BCUT2D eigenvalue weighted by molar-refractivity contribution is 0.524. The van der Waals surface area contributed by atoms with Crippen LogP contribution in [-0.2, 0) is 0 Å². The molecular formula is C22H43. The maximum atomic E-state index is 5.50. The van der Waals surface area contributed by atoms with E-state index in [9.17, 15) is 0 Å². The topological polar surface area (TPSA) is 0 Å². The molecule has 0 aromatic heterocycles. The molecule has 0 unspecified atom stereocenters. The summed E-state index contributed by atoms with van der Waals surface area (Å²) in [5.41, 5.74) is 0. The minimum absolute atomic E-state index is 0.872. The third kappa shape index (κ3) is 20.0. The van der Waals surface area contributed by atoms with Gasteiger partial charge in [0.15, 0.2) is 0 Å². The van der Waals surface area contributed by atoms with E-state index in [0.29, 0.717) is 0 Å². The Hall–Kier alpha value is 0. The Bertz CT molecular complexity index is 153. The van der Waals surface area contributed by atoms with Gasteiger partial charge in [0.25, 0.3) is 0 Å². The molecule has 0 saturated heterocycles. The summed E-state index contributed by atoms with van der Waals surface area (Å²) in [4.78, 5) is 0. The van der Waals surface area contributed by atoms with Gasteiger partial charge < -0.3 is 0 Å². The fourth-order valence-corrected chi connectivity index (χ4v) is 3.15. The lowest BCUT2D eigenvalue weighted by Crippen LogP contribution is -1.84. The van der Waals surface area contributed by atoms with Crippen LogP contribution in [0.3, 0.4) is 0 Å². The lowest BCUT2D eigenvalue weighted by Gasteiger charge is -2.03. The Labute approximate surface area is 142 Å². The van der Waals surface area contributed by atoms with Crippen molar-refractivity contribution in [3.05, 3.63) is 13.8 Å². The largest absolute Gasteiger partial charge is 0.0533 e. The molecule has 0 aromatic rings. The standard InChI is InChI=1S/C22H43/c1-3-5-7-9-11-13-15-17-19-21-22-20-18-16-14-12-10-8-6-4-2/h1H,2-22H2. The molecule has 0 aliphatic heterocycles. The Morgan fingerprint density at radius 1 is 0.364 bits per heavy atom. The summed E-state index contributed by atoms with van der Waals surface area (Å²) in [7, 11) is 0. The Kier molecular flexibility index (Phi) is 21.0. The van der Waals surface area contributed by atoms with Crippen molar-refractivity contribution in [2.24, 2.45) is 0 Å². The molecule has 0 aliphatic rings. The van der Waals surface area contributed by atoms with E-state index in [-0.39, 0.29) is 0 Å². The predicted octanol–water partition coefficient (Wildman–Crippen LogP) is 8.33. The second-order valence-electron chi connectivity index (χ2n) is 7.01. The van der Waals surface area contributed by atoms with E-state index in [4.69, 9.17) is 6.92 Å². The first-order chi connectivity index (χ1) is 10.9. The van der Waals surface area contributed by atoms with Crippen molar-refractivity contribution in [2.75, 3.05) is 0 Å². The van der Waals surface area contributed by atoms with Gasteiger partial charge in [-0.1, -0.05) is 129 Å². The predicted molar refractivity (Wildman–Crippen MR) is 102 cm³/mol. The van der Waals surface area contributed by atoms with Crippen molar-refractivity contribution in [1.82, 2.24) is 0 Å². The molecule has 0 N–H and O–H groups in total. The maximum Gasteiger partial charge on any atom is -0.0352 e. The van der Waals surface area contributed by atoms with Gasteiger partial charge in [-0.05, 0) is 13.3 Å². The molecule has 0 spiro atoms. The van der Waals surface area contributed by atoms with Crippen LogP contribution < -0.4 is 0 Å². The van der Waals surface area contributed by atoms with Crippen LogP contribution in [0.4, 0.5) is 0 Å². The summed E-state index contributed by atoms with van der Waals surface area (Å²) in [5, 5.41) is 0. The van der Waals surface area contributed by atoms with Gasteiger partial charge in [0.1, 0.15) is 0 Å². The number of unbranched alkanes of at least 4 members (excludes halogenated alkanes) is 19. The first-order valence-corrected chi connectivity index (χ1v) is 10.4. The van der Waals surface area contributed by atoms with Crippen molar-refractivity contribution in [3.8, 4) is 0 Å². The Morgan fingerprint density at radius 2 is 0.591 bits per heavy atom. The minimum atomic E-state index is 0.872. The van der Waals surface area contributed by atoms with Gasteiger partial charge in [0.05, 0.1) is 0 Å². The normalized spacial score (nSPS) is 11.2. The first kappa shape index (κ1) is 22.0. The average Bonchev–Trinajstić information content (AvgIpc) is 2.54.